The zero-order valence-electron chi connectivity index (χ0n) is 17.6. The highest BCUT2D eigenvalue weighted by molar-refractivity contribution is 7.99. The van der Waals surface area contributed by atoms with Crippen LogP contribution in [0.15, 0.2) is 77.0 Å². The molecular formula is C24H20N6OS2. The van der Waals surface area contributed by atoms with Crippen molar-refractivity contribution in [2.45, 2.75) is 29.3 Å². The number of carbonyl (C=O) groups is 1. The molecule has 9 heteroatoms. The van der Waals surface area contributed by atoms with Gasteiger partial charge in [-0.05, 0) is 36.6 Å². The fourth-order valence-electron chi connectivity index (χ4n) is 3.51. The second kappa shape index (κ2) is 8.49. The zero-order valence-corrected chi connectivity index (χ0v) is 19.2. The number of rotatable bonds is 7. The fourth-order valence-corrected chi connectivity index (χ4v) is 5.39. The highest BCUT2D eigenvalue weighted by Gasteiger charge is 2.30. The minimum Gasteiger partial charge on any atom is -0.379 e. The van der Waals surface area contributed by atoms with Crippen LogP contribution in [0.5, 0.6) is 0 Å². The lowest BCUT2D eigenvalue weighted by Gasteiger charge is -2.08. The number of imidazole rings is 1. The maximum Gasteiger partial charge on any atom is 0.234 e. The lowest BCUT2D eigenvalue weighted by Crippen LogP contribution is -2.12. The Morgan fingerprint density at radius 3 is 2.82 bits per heavy atom. The van der Waals surface area contributed by atoms with Crippen LogP contribution >= 0.6 is 23.1 Å². The van der Waals surface area contributed by atoms with Gasteiger partial charge in [0.05, 0.1) is 28.3 Å². The number of carbonyl (C=O) groups excluding carboxylic acids is 1. The summed E-state index contributed by atoms with van der Waals surface area (Å²) in [7, 11) is 0. The largest absolute Gasteiger partial charge is 0.379 e. The third-order valence-electron chi connectivity index (χ3n) is 5.43. The first-order valence-electron chi connectivity index (χ1n) is 10.7. The van der Waals surface area contributed by atoms with Gasteiger partial charge in [-0.2, -0.15) is 0 Å². The number of nitrogens with one attached hydrogen (secondary N) is 2. The number of fused-ring (bicyclic) bond motifs is 2. The second-order valence-electron chi connectivity index (χ2n) is 7.96. The van der Waals surface area contributed by atoms with Gasteiger partial charge in [-0.25, -0.2) is 15.0 Å². The summed E-state index contributed by atoms with van der Waals surface area (Å²) in [6.45, 7) is 0.729. The van der Waals surface area contributed by atoms with Crippen molar-refractivity contribution in [3.05, 3.63) is 72.7 Å². The van der Waals surface area contributed by atoms with Crippen LogP contribution in [0.3, 0.4) is 0 Å². The van der Waals surface area contributed by atoms with Gasteiger partial charge in [-0.15, -0.1) is 0 Å². The van der Waals surface area contributed by atoms with Crippen molar-refractivity contribution in [1.29, 1.82) is 0 Å². The Hall–Kier alpha value is -3.43. The van der Waals surface area contributed by atoms with Crippen LogP contribution in [-0.2, 0) is 11.3 Å². The Balaban J connectivity index is 1.21. The zero-order chi connectivity index (χ0) is 22.2. The van der Waals surface area contributed by atoms with Crippen LogP contribution in [0.2, 0.25) is 0 Å². The molecule has 2 N–H and O–H groups in total. The van der Waals surface area contributed by atoms with Crippen molar-refractivity contribution in [3.63, 3.8) is 0 Å². The van der Waals surface area contributed by atoms with E-state index in [9.17, 15) is 4.79 Å². The molecule has 3 aromatic heterocycles. The van der Waals surface area contributed by atoms with E-state index >= 15 is 0 Å². The molecule has 0 atom stereocenters. The molecule has 0 spiro atoms. The van der Waals surface area contributed by atoms with Crippen LogP contribution in [0.25, 0.3) is 16.0 Å². The van der Waals surface area contributed by atoms with Gasteiger partial charge in [-0.1, -0.05) is 53.4 Å². The number of aromatic nitrogens is 4. The summed E-state index contributed by atoms with van der Waals surface area (Å²) in [5, 5.41) is 8.01. The number of benzene rings is 2. The molecule has 6 rings (SSSR count). The monoisotopic (exact) mass is 472 g/mol. The number of amides is 1. The van der Waals surface area contributed by atoms with Crippen molar-refractivity contribution in [2.24, 2.45) is 5.92 Å². The molecule has 164 valence electrons. The van der Waals surface area contributed by atoms with Crippen LogP contribution < -0.4 is 10.6 Å². The Labute approximate surface area is 198 Å². The highest BCUT2D eigenvalue weighted by Crippen LogP contribution is 2.35. The lowest BCUT2D eigenvalue weighted by molar-refractivity contribution is -0.117. The molecule has 2 aromatic carbocycles. The lowest BCUT2D eigenvalue weighted by atomic mass is 10.2. The summed E-state index contributed by atoms with van der Waals surface area (Å²) in [5.41, 5.74) is 3.03. The minimum absolute atomic E-state index is 0.0820. The summed E-state index contributed by atoms with van der Waals surface area (Å²) in [4.78, 5) is 26.6. The third-order valence-corrected chi connectivity index (χ3v) is 7.37. The van der Waals surface area contributed by atoms with E-state index in [4.69, 9.17) is 0 Å². The summed E-state index contributed by atoms with van der Waals surface area (Å²) in [5.74, 6) is 0.907. The van der Waals surface area contributed by atoms with Crippen molar-refractivity contribution in [1.82, 2.24) is 19.4 Å². The molecule has 1 fully saturated rings. The van der Waals surface area contributed by atoms with Crippen LogP contribution in [0.1, 0.15) is 18.4 Å². The van der Waals surface area contributed by atoms with Gasteiger partial charge in [0.25, 0.3) is 0 Å². The van der Waals surface area contributed by atoms with Crippen LogP contribution in [-0.4, -0.2) is 25.3 Å². The van der Waals surface area contributed by atoms with Gasteiger partial charge < -0.3 is 10.6 Å². The predicted octanol–water partition coefficient (Wildman–Crippen LogP) is 5.45. The number of hydrogen-bond acceptors (Lipinski definition) is 7. The van der Waals surface area contributed by atoms with Crippen molar-refractivity contribution in [2.75, 3.05) is 10.6 Å². The van der Waals surface area contributed by atoms with Crippen LogP contribution in [0, 0.1) is 5.92 Å². The van der Waals surface area contributed by atoms with E-state index in [0.717, 1.165) is 45.2 Å². The third kappa shape index (κ3) is 4.42. The molecule has 1 aliphatic carbocycles. The normalized spacial score (nSPS) is 13.5. The number of hydrogen-bond donors (Lipinski definition) is 2. The SMILES string of the molecule is O=C(Nc1nc2ccc(Sc3cnc4ncc(NCc5ccccc5)cn34)cc2s1)C1CC1. The topological polar surface area (TPSA) is 84.2 Å². The molecule has 1 saturated carbocycles. The number of nitrogens with zero attached hydrogens (tertiary/aromatic N) is 4. The van der Waals surface area contributed by atoms with Gasteiger partial charge in [0.15, 0.2) is 5.13 Å². The van der Waals surface area contributed by atoms with Crippen LogP contribution in [0.4, 0.5) is 10.8 Å². The molecule has 0 saturated heterocycles. The van der Waals surface area contributed by atoms with E-state index in [-0.39, 0.29) is 11.8 Å². The smallest absolute Gasteiger partial charge is 0.234 e. The molecule has 3 heterocycles. The fraction of sp³-hybridized carbons (Fsp3) is 0.167. The average molecular weight is 473 g/mol. The molecule has 7 nitrogen and oxygen atoms in total. The molecule has 0 bridgehead atoms. The summed E-state index contributed by atoms with van der Waals surface area (Å²) < 4.78 is 3.04. The molecule has 1 aliphatic rings. The standard InChI is InChI=1S/C24H20N6OS2/c31-22(16-6-7-16)29-24-28-19-9-8-18(10-20(19)33-24)32-21-13-27-23-26-12-17(14-30(21)23)25-11-15-4-2-1-3-5-15/h1-5,8-10,12-14,16,25H,6-7,11H2,(H,28,29,31). The molecular weight excluding hydrogens is 452 g/mol. The summed E-state index contributed by atoms with van der Waals surface area (Å²) in [6.07, 6.45) is 7.63. The second-order valence-corrected chi connectivity index (χ2v) is 10.1. The first kappa shape index (κ1) is 20.2. The summed E-state index contributed by atoms with van der Waals surface area (Å²) in [6, 6.07) is 16.4. The van der Waals surface area contributed by atoms with Gasteiger partial charge >= 0.3 is 0 Å². The van der Waals surface area contributed by atoms with Crippen molar-refractivity contribution in [3.8, 4) is 0 Å². The molecule has 5 aromatic rings. The Morgan fingerprint density at radius 2 is 1.97 bits per heavy atom. The molecule has 33 heavy (non-hydrogen) atoms. The van der Waals surface area contributed by atoms with Gasteiger partial charge in [0.1, 0.15) is 5.03 Å². The molecule has 1 amide bonds. The minimum atomic E-state index is 0.0820. The first-order chi connectivity index (χ1) is 16.2. The quantitative estimate of drug-likeness (QED) is 0.328. The van der Waals surface area contributed by atoms with Gasteiger partial charge in [-0.3, -0.25) is 9.20 Å². The molecule has 0 radical (unpaired) electrons. The average Bonchev–Trinajstić information content (AvgIpc) is 3.52. The maximum atomic E-state index is 12.0. The molecule has 0 unspecified atom stereocenters. The Morgan fingerprint density at radius 1 is 1.12 bits per heavy atom. The van der Waals surface area contributed by atoms with E-state index in [1.807, 2.05) is 47.1 Å². The Kier molecular flexibility index (Phi) is 5.20. The van der Waals surface area contributed by atoms with E-state index in [0.29, 0.717) is 10.9 Å². The van der Waals surface area contributed by atoms with Crippen molar-refractivity contribution >= 4 is 55.8 Å². The highest BCUT2D eigenvalue weighted by atomic mass is 32.2. The first-order valence-corrected chi connectivity index (χ1v) is 12.3. The van der Waals surface area contributed by atoms with E-state index < -0.39 is 0 Å². The van der Waals surface area contributed by atoms with E-state index in [1.54, 1.807) is 18.0 Å². The number of thiazole rings is 1. The number of anilines is 2. The van der Waals surface area contributed by atoms with Gasteiger partial charge in [0.2, 0.25) is 11.7 Å². The van der Waals surface area contributed by atoms with E-state index in [1.165, 1.54) is 16.9 Å². The van der Waals surface area contributed by atoms with Crippen molar-refractivity contribution < 1.29 is 4.79 Å². The van der Waals surface area contributed by atoms with E-state index in [2.05, 4.69) is 43.8 Å². The Bertz CT molecular complexity index is 1460. The maximum absolute atomic E-state index is 12.0. The molecule has 0 aliphatic heterocycles. The van der Waals surface area contributed by atoms with Gasteiger partial charge in [0, 0.05) is 23.6 Å². The predicted molar refractivity (Wildman–Crippen MR) is 132 cm³/mol. The summed E-state index contributed by atoms with van der Waals surface area (Å²) >= 11 is 3.13.